The first-order valence-corrected chi connectivity index (χ1v) is 8.40. The fourth-order valence-corrected chi connectivity index (χ4v) is 2.88. The highest BCUT2D eigenvalue weighted by Crippen LogP contribution is 2.27. The normalized spacial score (nSPS) is 18.2. The van der Waals surface area contributed by atoms with Crippen LogP contribution in [0, 0.1) is 0 Å². The van der Waals surface area contributed by atoms with E-state index in [-0.39, 0.29) is 29.6 Å². The SMILES string of the molecule is CC(C)(C)OC(=O)N1CCOC(c2c(C(=O)O)cnc3cc(Cl)nn23)C1. The van der Waals surface area contributed by atoms with E-state index in [1.54, 1.807) is 20.8 Å². The first-order valence-electron chi connectivity index (χ1n) is 8.03. The maximum Gasteiger partial charge on any atom is 0.410 e. The van der Waals surface area contributed by atoms with Gasteiger partial charge in [0.25, 0.3) is 0 Å². The number of hydrogen-bond acceptors (Lipinski definition) is 6. The molecule has 1 unspecified atom stereocenters. The molecule has 10 heteroatoms. The third kappa shape index (κ3) is 3.73. The molecule has 0 radical (unpaired) electrons. The molecule has 3 heterocycles. The lowest BCUT2D eigenvalue weighted by molar-refractivity contribution is -0.0457. The van der Waals surface area contributed by atoms with E-state index in [9.17, 15) is 14.7 Å². The van der Waals surface area contributed by atoms with Gasteiger partial charge in [-0.1, -0.05) is 11.6 Å². The van der Waals surface area contributed by atoms with Crippen LogP contribution in [0.15, 0.2) is 12.3 Å². The van der Waals surface area contributed by atoms with Gasteiger partial charge < -0.3 is 19.5 Å². The van der Waals surface area contributed by atoms with E-state index in [1.807, 2.05) is 0 Å². The predicted molar refractivity (Wildman–Crippen MR) is 91.5 cm³/mol. The first-order chi connectivity index (χ1) is 12.2. The van der Waals surface area contributed by atoms with Gasteiger partial charge in [-0.05, 0) is 20.8 Å². The van der Waals surface area contributed by atoms with Crippen LogP contribution >= 0.6 is 11.6 Å². The minimum atomic E-state index is -1.17. The van der Waals surface area contributed by atoms with Gasteiger partial charge in [0.05, 0.1) is 18.8 Å². The fraction of sp³-hybridized carbons (Fsp3) is 0.500. The molecular weight excluding hydrogens is 364 g/mol. The van der Waals surface area contributed by atoms with Crippen molar-refractivity contribution in [3.05, 3.63) is 28.7 Å². The van der Waals surface area contributed by atoms with E-state index in [0.717, 1.165) is 0 Å². The summed E-state index contributed by atoms with van der Waals surface area (Å²) in [5.41, 5.74) is -0.0136. The van der Waals surface area contributed by atoms with Crippen LogP contribution in [0.2, 0.25) is 5.15 Å². The quantitative estimate of drug-likeness (QED) is 0.849. The number of carboxylic acid groups (broad SMARTS) is 1. The summed E-state index contributed by atoms with van der Waals surface area (Å²) in [6.07, 6.45) is 0.0520. The Labute approximate surface area is 154 Å². The van der Waals surface area contributed by atoms with Crippen molar-refractivity contribution < 1.29 is 24.2 Å². The smallest absolute Gasteiger partial charge is 0.410 e. The molecule has 1 saturated heterocycles. The van der Waals surface area contributed by atoms with Crippen molar-refractivity contribution in [2.75, 3.05) is 19.7 Å². The highest BCUT2D eigenvalue weighted by atomic mass is 35.5. The number of carbonyl (C=O) groups is 2. The average Bonchev–Trinajstić information content (AvgIpc) is 2.92. The van der Waals surface area contributed by atoms with E-state index in [0.29, 0.717) is 12.2 Å². The molecular formula is C16H19ClN4O5. The number of aromatic nitrogens is 3. The summed E-state index contributed by atoms with van der Waals surface area (Å²) in [6, 6.07) is 1.52. The van der Waals surface area contributed by atoms with E-state index in [2.05, 4.69) is 10.1 Å². The summed E-state index contributed by atoms with van der Waals surface area (Å²) in [6.45, 7) is 6.06. The molecule has 1 aliphatic rings. The van der Waals surface area contributed by atoms with E-state index >= 15 is 0 Å². The first kappa shape index (κ1) is 18.4. The Hall–Kier alpha value is -2.39. The van der Waals surface area contributed by atoms with Crippen LogP contribution in [0.25, 0.3) is 5.65 Å². The van der Waals surface area contributed by atoms with Gasteiger partial charge in [-0.25, -0.2) is 19.1 Å². The summed E-state index contributed by atoms with van der Waals surface area (Å²) in [5, 5.41) is 13.8. The minimum Gasteiger partial charge on any atom is -0.478 e. The van der Waals surface area contributed by atoms with Crippen LogP contribution in [-0.2, 0) is 9.47 Å². The molecule has 0 spiro atoms. The molecule has 1 N–H and O–H groups in total. The van der Waals surface area contributed by atoms with Crippen LogP contribution in [0.5, 0.6) is 0 Å². The summed E-state index contributed by atoms with van der Waals surface area (Å²) < 4.78 is 12.5. The van der Waals surface area contributed by atoms with Crippen molar-refractivity contribution >= 4 is 29.3 Å². The van der Waals surface area contributed by atoms with Crippen LogP contribution in [0.1, 0.15) is 42.9 Å². The van der Waals surface area contributed by atoms with Crippen LogP contribution in [0.3, 0.4) is 0 Å². The van der Waals surface area contributed by atoms with E-state index in [4.69, 9.17) is 21.1 Å². The lowest BCUT2D eigenvalue weighted by atomic mass is 10.1. The number of hydrogen-bond donors (Lipinski definition) is 1. The number of morpholine rings is 1. The molecule has 26 heavy (non-hydrogen) atoms. The highest BCUT2D eigenvalue weighted by Gasteiger charge is 2.33. The number of nitrogens with zero attached hydrogens (tertiary/aromatic N) is 4. The Balaban J connectivity index is 1.96. The molecule has 1 amide bonds. The van der Waals surface area contributed by atoms with Gasteiger partial charge in [-0.3, -0.25) is 0 Å². The number of rotatable bonds is 2. The Morgan fingerprint density at radius 1 is 1.42 bits per heavy atom. The van der Waals surface area contributed by atoms with Gasteiger partial charge in [-0.15, -0.1) is 0 Å². The molecule has 0 saturated carbocycles. The maximum atomic E-state index is 12.4. The Bertz CT molecular complexity index is 860. The Morgan fingerprint density at radius 2 is 2.15 bits per heavy atom. The van der Waals surface area contributed by atoms with Crippen LogP contribution < -0.4 is 0 Å². The molecule has 1 atom stereocenters. The number of halogens is 1. The third-order valence-electron chi connectivity index (χ3n) is 3.74. The summed E-state index contributed by atoms with van der Waals surface area (Å²) in [5.74, 6) is -1.17. The molecule has 2 aromatic rings. The zero-order chi connectivity index (χ0) is 19.1. The Morgan fingerprint density at radius 3 is 2.81 bits per heavy atom. The van der Waals surface area contributed by atoms with E-state index < -0.39 is 23.8 Å². The second kappa shape index (κ2) is 6.73. The number of carbonyl (C=O) groups excluding carboxylic acids is 1. The molecule has 2 aromatic heterocycles. The van der Waals surface area contributed by atoms with Gasteiger partial charge in [-0.2, -0.15) is 5.10 Å². The largest absolute Gasteiger partial charge is 0.478 e. The summed E-state index contributed by atoms with van der Waals surface area (Å²) >= 11 is 5.93. The second-order valence-corrected chi connectivity index (χ2v) is 7.27. The van der Waals surface area contributed by atoms with Crippen molar-refractivity contribution in [1.82, 2.24) is 19.5 Å². The monoisotopic (exact) mass is 382 g/mol. The van der Waals surface area contributed by atoms with Crippen molar-refractivity contribution in [2.24, 2.45) is 0 Å². The fourth-order valence-electron chi connectivity index (χ4n) is 2.71. The van der Waals surface area contributed by atoms with Crippen LogP contribution in [-0.4, -0.2) is 62.0 Å². The number of aromatic carboxylic acids is 1. The van der Waals surface area contributed by atoms with E-state index in [1.165, 1.54) is 21.7 Å². The van der Waals surface area contributed by atoms with Gasteiger partial charge in [0.1, 0.15) is 17.3 Å². The molecule has 0 aliphatic carbocycles. The number of amides is 1. The molecule has 0 bridgehead atoms. The average molecular weight is 383 g/mol. The molecule has 0 aromatic carbocycles. The third-order valence-corrected chi connectivity index (χ3v) is 3.93. The predicted octanol–water partition coefficient (Wildman–Crippen LogP) is 2.39. The van der Waals surface area contributed by atoms with Crippen molar-refractivity contribution in [3.63, 3.8) is 0 Å². The second-order valence-electron chi connectivity index (χ2n) is 6.89. The zero-order valence-electron chi connectivity index (χ0n) is 14.6. The Kier molecular flexibility index (Phi) is 4.76. The number of fused-ring (bicyclic) bond motifs is 1. The lowest BCUT2D eigenvalue weighted by Gasteiger charge is -2.34. The maximum absolute atomic E-state index is 12.4. The van der Waals surface area contributed by atoms with Crippen LogP contribution in [0.4, 0.5) is 4.79 Å². The highest BCUT2D eigenvalue weighted by molar-refractivity contribution is 6.29. The molecule has 9 nitrogen and oxygen atoms in total. The van der Waals surface area contributed by atoms with Crippen molar-refractivity contribution in [1.29, 1.82) is 0 Å². The number of ether oxygens (including phenoxy) is 2. The number of carboxylic acids is 1. The molecule has 140 valence electrons. The van der Waals surface area contributed by atoms with Crippen molar-refractivity contribution in [3.8, 4) is 0 Å². The molecule has 3 rings (SSSR count). The van der Waals surface area contributed by atoms with Gasteiger partial charge >= 0.3 is 12.1 Å². The lowest BCUT2D eigenvalue weighted by Crippen LogP contribution is -2.45. The minimum absolute atomic E-state index is 0.0618. The zero-order valence-corrected chi connectivity index (χ0v) is 15.4. The van der Waals surface area contributed by atoms with Gasteiger partial charge in [0.15, 0.2) is 10.8 Å². The van der Waals surface area contributed by atoms with Gasteiger partial charge in [0.2, 0.25) is 0 Å². The summed E-state index contributed by atoms with van der Waals surface area (Å²) in [4.78, 5) is 29.5. The standard InChI is InChI=1S/C16H19ClN4O5/c1-16(2,3)26-15(24)20-4-5-25-10(8-20)13-9(14(22)23)7-18-12-6-11(17)19-21(12)13/h6-7,10H,4-5,8H2,1-3H3,(H,22,23). The topological polar surface area (TPSA) is 106 Å². The summed E-state index contributed by atoms with van der Waals surface area (Å²) in [7, 11) is 0. The molecule has 1 aliphatic heterocycles. The van der Waals surface area contributed by atoms with Gasteiger partial charge in [0, 0.05) is 18.8 Å². The molecule has 1 fully saturated rings. The van der Waals surface area contributed by atoms with Crippen molar-refractivity contribution in [2.45, 2.75) is 32.5 Å².